The summed E-state index contributed by atoms with van der Waals surface area (Å²) in [6, 6.07) is 8.03. The minimum absolute atomic E-state index is 0.168. The molecule has 6 nitrogen and oxygen atoms in total. The van der Waals surface area contributed by atoms with E-state index in [0.717, 1.165) is 6.54 Å². The third-order valence-corrected chi connectivity index (χ3v) is 4.25. The first kappa shape index (κ1) is 14.5. The summed E-state index contributed by atoms with van der Waals surface area (Å²) in [5.74, 6) is 0.616. The molecule has 0 aliphatic heterocycles. The summed E-state index contributed by atoms with van der Waals surface area (Å²) in [4.78, 5) is 0.202. The highest BCUT2D eigenvalue weighted by Crippen LogP contribution is 2.15. The number of aromatic nitrogens is 2. The third-order valence-electron chi connectivity index (χ3n) is 2.83. The van der Waals surface area contributed by atoms with Gasteiger partial charge < -0.3 is 4.74 Å². The van der Waals surface area contributed by atoms with Crippen LogP contribution in [0.15, 0.2) is 41.4 Å². The van der Waals surface area contributed by atoms with Crippen LogP contribution in [0.2, 0.25) is 0 Å². The number of hydrogen-bond acceptors (Lipinski definition) is 4. The minimum Gasteiger partial charge on any atom is -0.497 e. The van der Waals surface area contributed by atoms with Crippen molar-refractivity contribution in [1.29, 1.82) is 0 Å². The van der Waals surface area contributed by atoms with Crippen molar-refractivity contribution in [3.8, 4) is 5.75 Å². The fourth-order valence-electron chi connectivity index (χ4n) is 1.68. The van der Waals surface area contributed by atoms with Crippen molar-refractivity contribution >= 4 is 10.0 Å². The number of benzene rings is 1. The summed E-state index contributed by atoms with van der Waals surface area (Å²) in [6.45, 7) is 2.89. The van der Waals surface area contributed by atoms with Crippen molar-refractivity contribution in [3.05, 3.63) is 42.2 Å². The van der Waals surface area contributed by atoms with Crippen molar-refractivity contribution in [2.24, 2.45) is 0 Å². The Morgan fingerprint density at radius 2 is 1.95 bits per heavy atom. The molecule has 0 amide bonds. The third kappa shape index (κ3) is 3.37. The zero-order valence-electron chi connectivity index (χ0n) is 11.4. The van der Waals surface area contributed by atoms with Crippen molar-refractivity contribution in [2.75, 3.05) is 7.11 Å². The average Bonchev–Trinajstić information content (AvgIpc) is 2.93. The largest absolute Gasteiger partial charge is 0.497 e. The molecule has 0 saturated heterocycles. The van der Waals surface area contributed by atoms with E-state index < -0.39 is 10.0 Å². The van der Waals surface area contributed by atoms with E-state index in [-0.39, 0.29) is 11.4 Å². The Bertz CT molecular complexity index is 662. The maximum absolute atomic E-state index is 12.1. The van der Waals surface area contributed by atoms with Gasteiger partial charge in [0.25, 0.3) is 0 Å². The molecule has 0 aliphatic carbocycles. The van der Waals surface area contributed by atoms with E-state index in [4.69, 9.17) is 4.74 Å². The van der Waals surface area contributed by atoms with Crippen molar-refractivity contribution in [2.45, 2.75) is 24.9 Å². The molecule has 0 unspecified atom stereocenters. The van der Waals surface area contributed by atoms with Gasteiger partial charge in [0.05, 0.1) is 24.2 Å². The fourth-order valence-corrected chi connectivity index (χ4v) is 2.68. The van der Waals surface area contributed by atoms with Gasteiger partial charge in [-0.05, 0) is 37.3 Å². The van der Waals surface area contributed by atoms with E-state index in [1.807, 2.05) is 13.1 Å². The summed E-state index contributed by atoms with van der Waals surface area (Å²) >= 11 is 0. The highest BCUT2D eigenvalue weighted by molar-refractivity contribution is 7.89. The van der Waals surface area contributed by atoms with Crippen molar-refractivity contribution in [1.82, 2.24) is 14.5 Å². The highest BCUT2D eigenvalue weighted by atomic mass is 32.2. The van der Waals surface area contributed by atoms with Crippen LogP contribution in [0.1, 0.15) is 12.6 Å². The molecule has 20 heavy (non-hydrogen) atoms. The number of rotatable bonds is 6. The first-order valence-corrected chi connectivity index (χ1v) is 7.69. The number of aryl methyl sites for hydroxylation is 1. The Kier molecular flexibility index (Phi) is 4.41. The van der Waals surface area contributed by atoms with Crippen molar-refractivity contribution in [3.63, 3.8) is 0 Å². The molecule has 1 aromatic carbocycles. The van der Waals surface area contributed by atoms with Gasteiger partial charge in [-0.1, -0.05) is 0 Å². The zero-order valence-corrected chi connectivity index (χ0v) is 12.2. The normalized spacial score (nSPS) is 11.5. The molecule has 0 spiro atoms. The smallest absolute Gasteiger partial charge is 0.240 e. The van der Waals surface area contributed by atoms with Crippen LogP contribution in [0.3, 0.4) is 0 Å². The molecule has 2 rings (SSSR count). The predicted molar refractivity (Wildman–Crippen MR) is 74.9 cm³/mol. The number of ether oxygens (including phenoxy) is 1. The molecule has 7 heteroatoms. The van der Waals surface area contributed by atoms with E-state index in [2.05, 4.69) is 9.82 Å². The van der Waals surface area contributed by atoms with Crippen LogP contribution in [0.5, 0.6) is 5.75 Å². The van der Waals surface area contributed by atoms with E-state index in [9.17, 15) is 8.42 Å². The molecule has 2 aromatic rings. The van der Waals surface area contributed by atoms with Crippen molar-refractivity contribution < 1.29 is 13.2 Å². The van der Waals surface area contributed by atoms with Crippen LogP contribution in [0.25, 0.3) is 0 Å². The highest BCUT2D eigenvalue weighted by Gasteiger charge is 2.14. The molecule has 0 fully saturated rings. The Morgan fingerprint density at radius 1 is 1.25 bits per heavy atom. The van der Waals surface area contributed by atoms with Gasteiger partial charge in [0.2, 0.25) is 10.0 Å². The minimum atomic E-state index is -3.54. The summed E-state index contributed by atoms with van der Waals surface area (Å²) in [7, 11) is -2.00. The Balaban J connectivity index is 2.06. The Labute approximate surface area is 118 Å². The molecular weight excluding hydrogens is 278 g/mol. The standard InChI is InChI=1S/C13H17N3O3S/c1-3-16-9-8-11(15-16)10-14-20(17,18)13-6-4-12(19-2)5-7-13/h4-9,14H,3,10H2,1-2H3. The molecule has 1 heterocycles. The Hall–Kier alpha value is -1.86. The number of sulfonamides is 1. The first-order chi connectivity index (χ1) is 9.55. The number of nitrogens with one attached hydrogen (secondary N) is 1. The lowest BCUT2D eigenvalue weighted by molar-refractivity contribution is 0.414. The fraction of sp³-hybridized carbons (Fsp3) is 0.308. The summed E-state index contributed by atoms with van der Waals surface area (Å²) in [5.41, 5.74) is 0.684. The van der Waals surface area contributed by atoms with Crippen LogP contribution < -0.4 is 9.46 Å². The zero-order chi connectivity index (χ0) is 14.6. The lowest BCUT2D eigenvalue weighted by Gasteiger charge is -2.06. The Morgan fingerprint density at radius 3 is 2.50 bits per heavy atom. The molecule has 0 saturated carbocycles. The van der Waals surface area contributed by atoms with E-state index in [1.165, 1.54) is 19.2 Å². The molecule has 0 bridgehead atoms. The second kappa shape index (κ2) is 6.06. The SMILES string of the molecule is CCn1ccc(CNS(=O)(=O)c2ccc(OC)cc2)n1. The predicted octanol–water partition coefficient (Wildman–Crippen LogP) is 1.39. The molecule has 0 atom stereocenters. The van der Waals surface area contributed by atoms with Gasteiger partial charge in [-0.15, -0.1) is 0 Å². The van der Waals surface area contributed by atoms with Gasteiger partial charge >= 0.3 is 0 Å². The van der Waals surface area contributed by atoms with Gasteiger partial charge in [0, 0.05) is 12.7 Å². The maximum atomic E-state index is 12.1. The molecule has 1 aromatic heterocycles. The van der Waals surface area contributed by atoms with E-state index in [1.54, 1.807) is 22.9 Å². The quantitative estimate of drug-likeness (QED) is 0.874. The first-order valence-electron chi connectivity index (χ1n) is 6.21. The van der Waals surface area contributed by atoms with Gasteiger partial charge in [-0.25, -0.2) is 13.1 Å². The van der Waals surface area contributed by atoms with Crippen LogP contribution in [0, 0.1) is 0 Å². The van der Waals surface area contributed by atoms with E-state index in [0.29, 0.717) is 11.4 Å². The molecule has 108 valence electrons. The summed E-state index contributed by atoms with van der Waals surface area (Å²) < 4.78 is 33.5. The molecule has 1 N–H and O–H groups in total. The summed E-state index contributed by atoms with van der Waals surface area (Å²) in [5, 5.41) is 4.22. The monoisotopic (exact) mass is 295 g/mol. The molecule has 0 aliphatic rings. The second-order valence-corrected chi connectivity index (χ2v) is 5.93. The van der Waals surface area contributed by atoms with Gasteiger partial charge in [-0.2, -0.15) is 5.10 Å². The lowest BCUT2D eigenvalue weighted by Crippen LogP contribution is -2.23. The van der Waals surface area contributed by atoms with Crippen LogP contribution in [-0.2, 0) is 23.1 Å². The number of hydrogen-bond donors (Lipinski definition) is 1. The average molecular weight is 295 g/mol. The van der Waals surface area contributed by atoms with Crippen LogP contribution >= 0.6 is 0 Å². The van der Waals surface area contributed by atoms with E-state index >= 15 is 0 Å². The van der Waals surface area contributed by atoms with Gasteiger partial charge in [0.1, 0.15) is 5.75 Å². The maximum Gasteiger partial charge on any atom is 0.240 e. The summed E-state index contributed by atoms with van der Waals surface area (Å²) in [6.07, 6.45) is 1.82. The number of methoxy groups -OCH3 is 1. The second-order valence-electron chi connectivity index (χ2n) is 4.16. The van der Waals surface area contributed by atoms with Gasteiger partial charge in [0.15, 0.2) is 0 Å². The van der Waals surface area contributed by atoms with Crippen LogP contribution in [-0.4, -0.2) is 25.3 Å². The van der Waals surface area contributed by atoms with Gasteiger partial charge in [-0.3, -0.25) is 4.68 Å². The molecular formula is C13H17N3O3S. The topological polar surface area (TPSA) is 73.2 Å². The number of nitrogens with zero attached hydrogens (tertiary/aromatic N) is 2. The molecule has 0 radical (unpaired) electrons. The lowest BCUT2D eigenvalue weighted by atomic mass is 10.3. The van der Waals surface area contributed by atoms with Crippen LogP contribution in [0.4, 0.5) is 0 Å².